The number of nitrogens with one attached hydrogen (secondary N) is 3. The first kappa shape index (κ1) is 22.2. The second-order valence-electron chi connectivity index (χ2n) is 6.38. The lowest BCUT2D eigenvalue weighted by atomic mass is 10.1. The van der Waals surface area contributed by atoms with Gasteiger partial charge in [-0.25, -0.2) is 0 Å². The van der Waals surface area contributed by atoms with E-state index >= 15 is 0 Å². The fourth-order valence-electron chi connectivity index (χ4n) is 2.53. The number of nitrogens with zero attached hydrogens (tertiary/aromatic N) is 2. The lowest BCUT2D eigenvalue weighted by Crippen LogP contribution is -2.41. The molecule has 1 aromatic carbocycles. The molecule has 0 aliphatic heterocycles. The van der Waals surface area contributed by atoms with Crippen LogP contribution in [0.15, 0.2) is 47.7 Å². The van der Waals surface area contributed by atoms with Gasteiger partial charge in [-0.3, -0.25) is 14.8 Å². The van der Waals surface area contributed by atoms with Crippen molar-refractivity contribution in [1.82, 2.24) is 15.6 Å². The molecule has 0 bridgehead atoms. The van der Waals surface area contributed by atoms with E-state index < -0.39 is 0 Å². The molecule has 0 atom stereocenters. The van der Waals surface area contributed by atoms with Crippen LogP contribution in [0.3, 0.4) is 0 Å². The highest BCUT2D eigenvalue weighted by molar-refractivity contribution is 5.94. The molecule has 0 aliphatic rings. The summed E-state index contributed by atoms with van der Waals surface area (Å²) in [7, 11) is 3.34. The molecule has 0 spiro atoms. The van der Waals surface area contributed by atoms with Crippen molar-refractivity contribution in [3.8, 4) is 5.75 Å². The number of ether oxygens (including phenoxy) is 2. The van der Waals surface area contributed by atoms with E-state index in [2.05, 4.69) is 25.9 Å². The predicted octanol–water partition coefficient (Wildman–Crippen LogP) is 2.11. The Hall–Kier alpha value is -3.13. The number of hydrogen-bond donors (Lipinski definition) is 3. The second kappa shape index (κ2) is 12.4. The van der Waals surface area contributed by atoms with Crippen molar-refractivity contribution in [2.45, 2.75) is 19.9 Å². The van der Waals surface area contributed by atoms with Crippen LogP contribution in [0, 0.1) is 6.92 Å². The van der Waals surface area contributed by atoms with Crippen molar-refractivity contribution in [3.05, 3.63) is 53.9 Å². The van der Waals surface area contributed by atoms with Gasteiger partial charge in [-0.2, -0.15) is 0 Å². The average Bonchev–Trinajstić information content (AvgIpc) is 2.73. The zero-order valence-electron chi connectivity index (χ0n) is 17.2. The number of aryl methyl sites for hydroxylation is 1. The SMILES string of the molecule is CN=C(NCC(=O)Nc1cccnc1)NCc1ccc(C)cc1OCCCOC. The predicted molar refractivity (Wildman–Crippen MR) is 114 cm³/mol. The van der Waals surface area contributed by atoms with Gasteiger partial charge < -0.3 is 25.4 Å². The molecule has 8 heteroatoms. The number of carbonyl (C=O) groups excluding carboxylic acids is 1. The number of guanidine groups is 1. The Balaban J connectivity index is 1.84. The maximum Gasteiger partial charge on any atom is 0.243 e. The number of pyridine rings is 1. The number of aliphatic imine (C=N–C) groups is 1. The van der Waals surface area contributed by atoms with Crippen LogP contribution in [0.5, 0.6) is 5.75 Å². The molecular formula is C21H29N5O3. The van der Waals surface area contributed by atoms with Gasteiger partial charge in [0.05, 0.1) is 25.0 Å². The Bertz CT molecular complexity index is 796. The molecule has 29 heavy (non-hydrogen) atoms. The summed E-state index contributed by atoms with van der Waals surface area (Å²) < 4.78 is 11.0. The molecule has 0 aliphatic carbocycles. The molecule has 156 valence electrons. The monoisotopic (exact) mass is 399 g/mol. The number of hydrogen-bond acceptors (Lipinski definition) is 5. The zero-order chi connectivity index (χ0) is 20.9. The van der Waals surface area contributed by atoms with Crippen LogP contribution in [-0.4, -0.2) is 50.8 Å². The topological polar surface area (TPSA) is 96.9 Å². The summed E-state index contributed by atoms with van der Waals surface area (Å²) in [5.74, 6) is 1.18. The van der Waals surface area contributed by atoms with Crippen LogP contribution in [0.25, 0.3) is 0 Å². The third-order valence-electron chi connectivity index (χ3n) is 4.00. The van der Waals surface area contributed by atoms with Crippen molar-refractivity contribution in [2.75, 3.05) is 39.2 Å². The molecule has 8 nitrogen and oxygen atoms in total. The summed E-state index contributed by atoms with van der Waals surface area (Å²) >= 11 is 0. The molecule has 2 rings (SSSR count). The van der Waals surface area contributed by atoms with Crippen molar-refractivity contribution >= 4 is 17.6 Å². The van der Waals surface area contributed by atoms with Gasteiger partial charge in [0.25, 0.3) is 0 Å². The fraction of sp³-hybridized carbons (Fsp3) is 0.381. The second-order valence-corrected chi connectivity index (χ2v) is 6.38. The first-order chi connectivity index (χ1) is 14.1. The summed E-state index contributed by atoms with van der Waals surface area (Å²) in [6, 6.07) is 9.62. The lowest BCUT2D eigenvalue weighted by molar-refractivity contribution is -0.115. The number of amides is 1. The summed E-state index contributed by atoms with van der Waals surface area (Å²) in [5, 5.41) is 8.97. The van der Waals surface area contributed by atoms with Crippen LogP contribution < -0.4 is 20.7 Å². The fourth-order valence-corrected chi connectivity index (χ4v) is 2.53. The molecule has 0 saturated carbocycles. The third-order valence-corrected chi connectivity index (χ3v) is 4.00. The molecule has 0 fully saturated rings. The molecule has 3 N–H and O–H groups in total. The maximum atomic E-state index is 12.1. The third kappa shape index (κ3) is 8.18. The van der Waals surface area contributed by atoms with Gasteiger partial charge in [-0.1, -0.05) is 12.1 Å². The lowest BCUT2D eigenvalue weighted by Gasteiger charge is -2.15. The Morgan fingerprint density at radius 3 is 2.79 bits per heavy atom. The van der Waals surface area contributed by atoms with E-state index in [4.69, 9.17) is 9.47 Å². The van der Waals surface area contributed by atoms with Gasteiger partial charge in [0.15, 0.2) is 5.96 Å². The van der Waals surface area contributed by atoms with E-state index in [1.165, 1.54) is 0 Å². The molecule has 0 unspecified atom stereocenters. The largest absolute Gasteiger partial charge is 0.493 e. The molecule has 1 amide bonds. The van der Waals surface area contributed by atoms with Gasteiger partial charge in [0.2, 0.25) is 5.91 Å². The molecule has 0 radical (unpaired) electrons. The number of methoxy groups -OCH3 is 1. The van der Waals surface area contributed by atoms with E-state index in [1.807, 2.05) is 25.1 Å². The normalized spacial score (nSPS) is 11.1. The molecule has 0 saturated heterocycles. The number of aromatic nitrogens is 1. The van der Waals surface area contributed by atoms with Crippen molar-refractivity contribution in [3.63, 3.8) is 0 Å². The Morgan fingerprint density at radius 2 is 2.07 bits per heavy atom. The molecule has 1 aromatic heterocycles. The van der Waals surface area contributed by atoms with Crippen LogP contribution in [0.4, 0.5) is 5.69 Å². The van der Waals surface area contributed by atoms with Crippen LogP contribution >= 0.6 is 0 Å². The minimum atomic E-state index is -0.182. The zero-order valence-corrected chi connectivity index (χ0v) is 17.2. The van der Waals surface area contributed by atoms with Crippen LogP contribution in [-0.2, 0) is 16.1 Å². The van der Waals surface area contributed by atoms with Gasteiger partial charge in [0, 0.05) is 45.5 Å². The van der Waals surface area contributed by atoms with Crippen molar-refractivity contribution < 1.29 is 14.3 Å². The minimum absolute atomic E-state index is 0.0862. The highest BCUT2D eigenvalue weighted by atomic mass is 16.5. The quantitative estimate of drug-likeness (QED) is 0.322. The minimum Gasteiger partial charge on any atom is -0.493 e. The van der Waals surface area contributed by atoms with Crippen molar-refractivity contribution in [1.29, 1.82) is 0 Å². The smallest absolute Gasteiger partial charge is 0.243 e. The number of carbonyl (C=O) groups is 1. The van der Waals surface area contributed by atoms with Crippen molar-refractivity contribution in [2.24, 2.45) is 4.99 Å². The first-order valence-electron chi connectivity index (χ1n) is 9.48. The molecular weight excluding hydrogens is 370 g/mol. The Morgan fingerprint density at radius 1 is 1.21 bits per heavy atom. The Kier molecular flexibility index (Phi) is 9.44. The standard InChI is InChI=1S/C21H29N5O3/c1-16-7-8-17(19(12-16)29-11-5-10-28-3)13-24-21(22-2)25-15-20(27)26-18-6-4-9-23-14-18/h4,6-9,12,14H,5,10-11,13,15H2,1-3H3,(H,26,27)(H2,22,24,25). The van der Waals surface area contributed by atoms with E-state index in [9.17, 15) is 4.79 Å². The van der Waals surface area contributed by atoms with E-state index in [0.29, 0.717) is 31.4 Å². The molecule has 1 heterocycles. The van der Waals surface area contributed by atoms with E-state index in [0.717, 1.165) is 23.3 Å². The number of rotatable bonds is 10. The van der Waals surface area contributed by atoms with E-state index in [1.54, 1.807) is 38.7 Å². The summed E-state index contributed by atoms with van der Waals surface area (Å²) in [6.07, 6.45) is 4.07. The summed E-state index contributed by atoms with van der Waals surface area (Å²) in [6.45, 7) is 3.88. The number of anilines is 1. The first-order valence-corrected chi connectivity index (χ1v) is 9.48. The van der Waals surface area contributed by atoms with Crippen LogP contribution in [0.2, 0.25) is 0 Å². The highest BCUT2D eigenvalue weighted by Crippen LogP contribution is 2.20. The summed E-state index contributed by atoms with van der Waals surface area (Å²) in [4.78, 5) is 20.2. The average molecular weight is 399 g/mol. The van der Waals surface area contributed by atoms with Gasteiger partial charge in [0.1, 0.15) is 5.75 Å². The Labute approximate surface area is 171 Å². The number of benzene rings is 1. The molecule has 2 aromatic rings. The summed E-state index contributed by atoms with van der Waals surface area (Å²) in [5.41, 5.74) is 2.79. The highest BCUT2D eigenvalue weighted by Gasteiger charge is 2.08. The van der Waals surface area contributed by atoms with Gasteiger partial charge in [-0.15, -0.1) is 0 Å². The van der Waals surface area contributed by atoms with Gasteiger partial charge >= 0.3 is 0 Å². The van der Waals surface area contributed by atoms with E-state index in [-0.39, 0.29) is 12.5 Å². The van der Waals surface area contributed by atoms with Crippen LogP contribution in [0.1, 0.15) is 17.5 Å². The maximum absolute atomic E-state index is 12.1. The van der Waals surface area contributed by atoms with Gasteiger partial charge in [-0.05, 0) is 30.7 Å².